The highest BCUT2D eigenvalue weighted by atomic mass is 32.1. The molecule has 2 saturated carbocycles. The number of nitrogens with one attached hydrogen (secondary N) is 1. The maximum atomic E-state index is 3.79. The lowest BCUT2D eigenvalue weighted by Gasteiger charge is -2.34. The van der Waals surface area contributed by atoms with Crippen LogP contribution >= 0.6 is 11.3 Å². The van der Waals surface area contributed by atoms with E-state index in [0.717, 1.165) is 17.8 Å². The summed E-state index contributed by atoms with van der Waals surface area (Å²) >= 11 is 1.97. The SMILES string of the molecule is c1cc2c(s1)CCNC2C1CC2CCC1C2. The molecule has 4 atom stereocenters. The Labute approximate surface area is 101 Å². The molecule has 2 fully saturated rings. The Bertz CT molecular complexity index is 397. The monoisotopic (exact) mass is 233 g/mol. The topological polar surface area (TPSA) is 12.0 Å². The number of thiophene rings is 1. The van der Waals surface area contributed by atoms with Crippen LogP contribution < -0.4 is 5.32 Å². The maximum absolute atomic E-state index is 3.79. The quantitative estimate of drug-likeness (QED) is 0.784. The maximum Gasteiger partial charge on any atom is 0.0362 e. The van der Waals surface area contributed by atoms with Gasteiger partial charge in [0.25, 0.3) is 0 Å². The minimum Gasteiger partial charge on any atom is -0.309 e. The molecule has 0 aromatic carbocycles. The Morgan fingerprint density at radius 1 is 1.25 bits per heavy atom. The van der Waals surface area contributed by atoms with Gasteiger partial charge in [0, 0.05) is 17.5 Å². The second-order valence-corrected chi connectivity index (χ2v) is 6.82. The largest absolute Gasteiger partial charge is 0.309 e. The van der Waals surface area contributed by atoms with E-state index in [-0.39, 0.29) is 0 Å². The third-order valence-electron chi connectivity index (χ3n) is 5.05. The molecule has 1 aliphatic heterocycles. The van der Waals surface area contributed by atoms with Crippen LogP contribution in [-0.2, 0) is 6.42 Å². The van der Waals surface area contributed by atoms with Crippen LogP contribution in [-0.4, -0.2) is 6.54 Å². The molecular formula is C14H19NS. The van der Waals surface area contributed by atoms with Gasteiger partial charge in [-0.2, -0.15) is 0 Å². The predicted octanol–water partition coefficient (Wildman–Crippen LogP) is 3.37. The van der Waals surface area contributed by atoms with Gasteiger partial charge in [-0.15, -0.1) is 11.3 Å². The smallest absolute Gasteiger partial charge is 0.0362 e. The van der Waals surface area contributed by atoms with Crippen molar-refractivity contribution in [1.29, 1.82) is 0 Å². The second-order valence-electron chi connectivity index (χ2n) is 5.82. The van der Waals surface area contributed by atoms with Crippen LogP contribution in [0.25, 0.3) is 0 Å². The van der Waals surface area contributed by atoms with Crippen LogP contribution in [0.1, 0.15) is 42.2 Å². The van der Waals surface area contributed by atoms with E-state index in [9.17, 15) is 0 Å². The van der Waals surface area contributed by atoms with Gasteiger partial charge in [0.15, 0.2) is 0 Å². The molecule has 2 heteroatoms. The van der Waals surface area contributed by atoms with Gasteiger partial charge in [0.1, 0.15) is 0 Å². The van der Waals surface area contributed by atoms with Crippen molar-refractivity contribution >= 4 is 11.3 Å². The molecule has 2 heterocycles. The fourth-order valence-electron chi connectivity index (χ4n) is 4.37. The van der Waals surface area contributed by atoms with Gasteiger partial charge in [-0.1, -0.05) is 6.42 Å². The van der Waals surface area contributed by atoms with Crippen LogP contribution in [0.3, 0.4) is 0 Å². The molecule has 4 rings (SSSR count). The second kappa shape index (κ2) is 3.58. The summed E-state index contributed by atoms with van der Waals surface area (Å²) in [6.45, 7) is 1.20. The highest BCUT2D eigenvalue weighted by Gasteiger charge is 2.44. The third kappa shape index (κ3) is 1.32. The fourth-order valence-corrected chi connectivity index (χ4v) is 5.30. The van der Waals surface area contributed by atoms with Crippen molar-refractivity contribution in [2.75, 3.05) is 6.54 Å². The number of rotatable bonds is 1. The van der Waals surface area contributed by atoms with Gasteiger partial charge in [0.2, 0.25) is 0 Å². The summed E-state index contributed by atoms with van der Waals surface area (Å²) in [4.78, 5) is 1.66. The molecule has 2 aliphatic carbocycles. The van der Waals surface area contributed by atoms with Gasteiger partial charge >= 0.3 is 0 Å². The van der Waals surface area contributed by atoms with Gasteiger partial charge in [0.05, 0.1) is 0 Å². The average molecular weight is 233 g/mol. The highest BCUT2D eigenvalue weighted by Crippen LogP contribution is 2.53. The van der Waals surface area contributed by atoms with E-state index in [2.05, 4.69) is 16.8 Å². The standard InChI is InChI=1S/C14H19NS/c1-2-10-7-9(1)8-12(10)14-11-4-6-16-13(11)3-5-15-14/h4,6,9-10,12,14-15H,1-3,5,7-8H2. The molecule has 2 bridgehead atoms. The molecule has 1 nitrogen and oxygen atoms in total. The summed E-state index contributed by atoms with van der Waals surface area (Å²) in [5, 5.41) is 6.08. The Morgan fingerprint density at radius 2 is 2.25 bits per heavy atom. The summed E-state index contributed by atoms with van der Waals surface area (Å²) in [6.07, 6.45) is 7.31. The number of fused-ring (bicyclic) bond motifs is 3. The Morgan fingerprint density at radius 3 is 3.06 bits per heavy atom. The van der Waals surface area contributed by atoms with Crippen LogP contribution in [0.2, 0.25) is 0 Å². The summed E-state index contributed by atoms with van der Waals surface area (Å²) in [5.74, 6) is 3.06. The van der Waals surface area contributed by atoms with Crippen molar-refractivity contribution in [2.24, 2.45) is 17.8 Å². The predicted molar refractivity (Wildman–Crippen MR) is 67.7 cm³/mol. The molecule has 16 heavy (non-hydrogen) atoms. The van der Waals surface area contributed by atoms with Crippen LogP contribution in [0.15, 0.2) is 11.4 Å². The summed E-state index contributed by atoms with van der Waals surface area (Å²) in [6, 6.07) is 3.08. The Hall–Kier alpha value is -0.340. The lowest BCUT2D eigenvalue weighted by molar-refractivity contribution is 0.245. The lowest BCUT2D eigenvalue weighted by Crippen LogP contribution is -2.36. The van der Waals surface area contributed by atoms with Crippen molar-refractivity contribution in [3.63, 3.8) is 0 Å². The molecule has 1 aromatic heterocycles. The molecule has 1 N–H and O–H groups in total. The molecule has 3 aliphatic rings. The van der Waals surface area contributed by atoms with Crippen molar-refractivity contribution in [2.45, 2.75) is 38.1 Å². The van der Waals surface area contributed by atoms with E-state index >= 15 is 0 Å². The number of hydrogen-bond acceptors (Lipinski definition) is 2. The molecule has 86 valence electrons. The summed E-state index contributed by atoms with van der Waals surface area (Å²) in [7, 11) is 0. The van der Waals surface area contributed by atoms with Gasteiger partial charge in [-0.25, -0.2) is 0 Å². The zero-order valence-corrected chi connectivity index (χ0v) is 10.4. The molecule has 0 saturated heterocycles. The zero-order chi connectivity index (χ0) is 10.5. The minimum absolute atomic E-state index is 0.699. The molecule has 1 aromatic rings. The van der Waals surface area contributed by atoms with Crippen LogP contribution in [0.5, 0.6) is 0 Å². The van der Waals surface area contributed by atoms with Gasteiger partial charge in [-0.3, -0.25) is 0 Å². The van der Waals surface area contributed by atoms with Gasteiger partial charge < -0.3 is 5.32 Å². The zero-order valence-electron chi connectivity index (χ0n) is 9.61. The van der Waals surface area contributed by atoms with E-state index < -0.39 is 0 Å². The first kappa shape index (κ1) is 9.67. The molecule has 0 spiro atoms. The molecule has 4 unspecified atom stereocenters. The highest BCUT2D eigenvalue weighted by molar-refractivity contribution is 7.10. The molecular weight excluding hydrogens is 214 g/mol. The first-order valence-corrected chi connectivity index (χ1v) is 7.59. The fraction of sp³-hybridized carbons (Fsp3) is 0.714. The van der Waals surface area contributed by atoms with Gasteiger partial charge in [-0.05, 0) is 60.4 Å². The van der Waals surface area contributed by atoms with E-state index in [1.807, 2.05) is 11.3 Å². The van der Waals surface area contributed by atoms with Crippen molar-refractivity contribution in [3.8, 4) is 0 Å². The Kier molecular flexibility index (Phi) is 2.16. The summed E-state index contributed by atoms with van der Waals surface area (Å²) in [5.41, 5.74) is 1.65. The molecule has 0 amide bonds. The van der Waals surface area contributed by atoms with E-state index in [1.165, 1.54) is 38.6 Å². The van der Waals surface area contributed by atoms with Crippen molar-refractivity contribution in [1.82, 2.24) is 5.32 Å². The lowest BCUT2D eigenvalue weighted by atomic mass is 9.79. The average Bonchev–Trinajstić information content (AvgIpc) is 3.03. The van der Waals surface area contributed by atoms with Crippen LogP contribution in [0.4, 0.5) is 0 Å². The van der Waals surface area contributed by atoms with Crippen LogP contribution in [0, 0.1) is 17.8 Å². The van der Waals surface area contributed by atoms with E-state index in [4.69, 9.17) is 0 Å². The molecule has 0 radical (unpaired) electrons. The van der Waals surface area contributed by atoms with E-state index in [0.29, 0.717) is 6.04 Å². The van der Waals surface area contributed by atoms with E-state index in [1.54, 1.807) is 10.4 Å². The van der Waals surface area contributed by atoms with Crippen molar-refractivity contribution < 1.29 is 0 Å². The first-order chi connectivity index (χ1) is 7.92. The Balaban J connectivity index is 1.65. The normalized spacial score (nSPS) is 41.2. The van der Waals surface area contributed by atoms with Crippen molar-refractivity contribution in [3.05, 3.63) is 21.9 Å². The number of hydrogen-bond donors (Lipinski definition) is 1. The first-order valence-electron chi connectivity index (χ1n) is 6.71. The third-order valence-corrected chi connectivity index (χ3v) is 6.05. The summed E-state index contributed by atoms with van der Waals surface area (Å²) < 4.78 is 0. The minimum atomic E-state index is 0.699.